The van der Waals surface area contributed by atoms with Crippen molar-refractivity contribution in [3.05, 3.63) is 87.6 Å². The van der Waals surface area contributed by atoms with Crippen molar-refractivity contribution < 1.29 is 19.8 Å². The molecule has 6 heteroatoms. The number of anilines is 1. The minimum atomic E-state index is -0.811. The van der Waals surface area contributed by atoms with Gasteiger partial charge in [0.25, 0.3) is 11.7 Å². The number of Topliss-reactive ketones (excluding diaryl/α,β-unsaturated/α-hetero) is 1. The van der Waals surface area contributed by atoms with Crippen molar-refractivity contribution in [1.29, 1.82) is 0 Å². The van der Waals surface area contributed by atoms with E-state index in [1.54, 1.807) is 36.4 Å². The van der Waals surface area contributed by atoms with Crippen LogP contribution in [0.4, 0.5) is 5.69 Å². The number of carbonyl (C=O) groups is 2. The van der Waals surface area contributed by atoms with Crippen molar-refractivity contribution in [1.82, 2.24) is 0 Å². The Morgan fingerprint density at radius 2 is 1.71 bits per heavy atom. The monoisotopic (exact) mass is 391 g/mol. The van der Waals surface area contributed by atoms with E-state index in [0.29, 0.717) is 5.56 Å². The number of para-hydroxylation sites is 2. The van der Waals surface area contributed by atoms with Gasteiger partial charge in [-0.2, -0.15) is 0 Å². The van der Waals surface area contributed by atoms with E-state index in [-0.39, 0.29) is 22.8 Å². The van der Waals surface area contributed by atoms with Crippen molar-refractivity contribution in [3.63, 3.8) is 0 Å². The lowest BCUT2D eigenvalue weighted by molar-refractivity contribution is -0.132. The van der Waals surface area contributed by atoms with Crippen LogP contribution in [0.2, 0.25) is 0 Å². The second-order valence-corrected chi connectivity index (χ2v) is 7.52. The van der Waals surface area contributed by atoms with E-state index < -0.39 is 17.7 Å². The van der Waals surface area contributed by atoms with E-state index in [1.165, 1.54) is 22.3 Å². The first-order valence-electron chi connectivity index (χ1n) is 8.68. The number of aromatic hydroxyl groups is 1. The summed E-state index contributed by atoms with van der Waals surface area (Å²) in [6, 6.07) is 16.2. The minimum absolute atomic E-state index is 0.0135. The van der Waals surface area contributed by atoms with Gasteiger partial charge in [0.2, 0.25) is 0 Å². The van der Waals surface area contributed by atoms with Gasteiger partial charge >= 0.3 is 0 Å². The van der Waals surface area contributed by atoms with Crippen LogP contribution in [-0.4, -0.2) is 21.9 Å². The van der Waals surface area contributed by atoms with Gasteiger partial charge in [0, 0.05) is 10.4 Å². The van der Waals surface area contributed by atoms with Gasteiger partial charge < -0.3 is 10.2 Å². The molecular formula is C22H17NO4S. The van der Waals surface area contributed by atoms with E-state index in [0.717, 1.165) is 10.4 Å². The van der Waals surface area contributed by atoms with Gasteiger partial charge in [0.05, 0.1) is 11.3 Å². The van der Waals surface area contributed by atoms with Crippen molar-refractivity contribution in [2.45, 2.75) is 13.0 Å². The average molecular weight is 391 g/mol. The quantitative estimate of drug-likeness (QED) is 0.394. The summed E-state index contributed by atoms with van der Waals surface area (Å²) >= 11 is 1.37. The Morgan fingerprint density at radius 3 is 2.36 bits per heavy atom. The van der Waals surface area contributed by atoms with Crippen molar-refractivity contribution >= 4 is 34.5 Å². The normalized spacial score (nSPS) is 18.6. The molecule has 0 saturated carbocycles. The largest absolute Gasteiger partial charge is 0.507 e. The molecule has 1 aliphatic rings. The maximum absolute atomic E-state index is 12.9. The molecule has 0 bridgehead atoms. The molecular weight excluding hydrogens is 374 g/mol. The summed E-state index contributed by atoms with van der Waals surface area (Å²) in [5.41, 5.74) is 1.72. The molecule has 28 heavy (non-hydrogen) atoms. The highest BCUT2D eigenvalue weighted by molar-refractivity contribution is 7.10. The van der Waals surface area contributed by atoms with Crippen LogP contribution in [0.3, 0.4) is 0 Å². The van der Waals surface area contributed by atoms with Gasteiger partial charge in [-0.15, -0.1) is 11.3 Å². The first-order valence-corrected chi connectivity index (χ1v) is 9.56. The first kappa shape index (κ1) is 18.0. The third-order valence-electron chi connectivity index (χ3n) is 4.72. The number of hydrogen-bond acceptors (Lipinski definition) is 5. The Bertz CT molecular complexity index is 1080. The molecule has 0 spiro atoms. The molecule has 3 aromatic rings. The second kappa shape index (κ2) is 6.98. The number of rotatable bonds is 3. The number of phenolic OH excluding ortho intramolecular Hbond substituents is 1. The van der Waals surface area contributed by atoms with Gasteiger partial charge in [0.1, 0.15) is 17.6 Å². The van der Waals surface area contributed by atoms with Gasteiger partial charge in [0.15, 0.2) is 0 Å². The van der Waals surface area contributed by atoms with Crippen molar-refractivity contribution in [3.8, 4) is 5.75 Å². The maximum Gasteiger partial charge on any atom is 0.300 e. The molecule has 0 aliphatic carbocycles. The fourth-order valence-corrected chi connectivity index (χ4v) is 4.16. The second-order valence-electron chi connectivity index (χ2n) is 6.54. The smallest absolute Gasteiger partial charge is 0.300 e. The molecule has 140 valence electrons. The Morgan fingerprint density at radius 1 is 1.00 bits per heavy atom. The number of nitrogens with zero attached hydrogens (tertiary/aromatic N) is 1. The predicted octanol–water partition coefficient (Wildman–Crippen LogP) is 4.39. The number of carbonyl (C=O) groups excluding carboxylic acids is 2. The number of thiophene rings is 1. The highest BCUT2D eigenvalue weighted by Crippen LogP contribution is 2.45. The van der Waals surface area contributed by atoms with Crippen LogP contribution in [0.25, 0.3) is 5.76 Å². The fourth-order valence-electron chi connectivity index (χ4n) is 3.33. The molecule has 2 N–H and O–H groups in total. The molecule has 1 fully saturated rings. The van der Waals surface area contributed by atoms with Crippen LogP contribution in [0, 0.1) is 6.92 Å². The average Bonchev–Trinajstić information content (AvgIpc) is 3.30. The van der Waals surface area contributed by atoms with Gasteiger partial charge in [-0.05, 0) is 30.5 Å². The van der Waals surface area contributed by atoms with Crippen LogP contribution in [0.1, 0.15) is 22.0 Å². The zero-order valence-electron chi connectivity index (χ0n) is 15.0. The van der Waals surface area contributed by atoms with E-state index >= 15 is 0 Å². The Kier molecular flexibility index (Phi) is 4.49. The Hall–Kier alpha value is -3.38. The lowest BCUT2D eigenvalue weighted by Gasteiger charge is -2.24. The van der Waals surface area contributed by atoms with Gasteiger partial charge in [-0.1, -0.05) is 48.0 Å². The van der Waals surface area contributed by atoms with Crippen molar-refractivity contribution in [2.75, 3.05) is 4.90 Å². The summed E-state index contributed by atoms with van der Waals surface area (Å²) in [6.07, 6.45) is 0. The summed E-state index contributed by atoms with van der Waals surface area (Å²) < 4.78 is 0. The van der Waals surface area contributed by atoms with E-state index in [2.05, 4.69) is 0 Å². The SMILES string of the molecule is Cc1ccc(/C(O)=C2/C(=O)C(=O)N(c3ccccc3O)C2c2cccs2)cc1. The molecule has 1 unspecified atom stereocenters. The molecule has 1 aromatic heterocycles. The third kappa shape index (κ3) is 2.88. The third-order valence-corrected chi connectivity index (χ3v) is 5.65. The highest BCUT2D eigenvalue weighted by atomic mass is 32.1. The molecule has 4 rings (SSSR count). The van der Waals surface area contributed by atoms with E-state index in [4.69, 9.17) is 0 Å². The van der Waals surface area contributed by atoms with Gasteiger partial charge in [-0.25, -0.2) is 0 Å². The van der Waals surface area contributed by atoms with Crippen LogP contribution in [0.15, 0.2) is 71.6 Å². The molecule has 0 radical (unpaired) electrons. The lowest BCUT2D eigenvalue weighted by atomic mass is 9.99. The Labute approximate surface area is 165 Å². The van der Waals surface area contributed by atoms with Gasteiger partial charge in [-0.3, -0.25) is 14.5 Å². The zero-order valence-corrected chi connectivity index (χ0v) is 15.8. The number of hydrogen-bond donors (Lipinski definition) is 2. The standard InChI is InChI=1S/C22H17NO4S/c1-13-8-10-14(11-9-13)20(25)18-19(17-7-4-12-28-17)23(22(27)21(18)26)15-5-2-3-6-16(15)24/h2-12,19,24-25H,1H3/b20-18-. The summed E-state index contributed by atoms with van der Waals surface area (Å²) in [4.78, 5) is 27.8. The van der Waals surface area contributed by atoms with Crippen LogP contribution in [0.5, 0.6) is 5.75 Å². The topological polar surface area (TPSA) is 77.8 Å². The summed E-state index contributed by atoms with van der Waals surface area (Å²) in [5.74, 6) is -1.90. The van der Waals surface area contributed by atoms with Crippen LogP contribution in [-0.2, 0) is 9.59 Å². The molecule has 5 nitrogen and oxygen atoms in total. The van der Waals surface area contributed by atoms with E-state index in [9.17, 15) is 19.8 Å². The van der Waals surface area contributed by atoms with Crippen LogP contribution >= 0.6 is 11.3 Å². The number of aryl methyl sites for hydroxylation is 1. The summed E-state index contributed by atoms with van der Waals surface area (Å²) in [5, 5.41) is 23.0. The number of benzene rings is 2. The maximum atomic E-state index is 12.9. The lowest BCUT2D eigenvalue weighted by Crippen LogP contribution is -2.29. The highest BCUT2D eigenvalue weighted by Gasteiger charge is 2.48. The molecule has 1 amide bonds. The molecule has 1 aliphatic heterocycles. The Balaban J connectivity index is 1.94. The van der Waals surface area contributed by atoms with E-state index in [1.807, 2.05) is 30.5 Å². The van der Waals surface area contributed by atoms with Crippen LogP contribution < -0.4 is 4.90 Å². The fraction of sp³-hybridized carbons (Fsp3) is 0.0909. The number of amides is 1. The predicted molar refractivity (Wildman–Crippen MR) is 108 cm³/mol. The number of phenols is 1. The summed E-state index contributed by atoms with van der Waals surface area (Å²) in [6.45, 7) is 1.92. The molecule has 1 atom stereocenters. The van der Waals surface area contributed by atoms with Crippen molar-refractivity contribution in [2.24, 2.45) is 0 Å². The molecule has 2 aromatic carbocycles. The first-order chi connectivity index (χ1) is 13.5. The molecule has 1 saturated heterocycles. The number of aliphatic hydroxyl groups excluding tert-OH is 1. The summed E-state index contributed by atoms with van der Waals surface area (Å²) in [7, 11) is 0. The molecule has 2 heterocycles. The number of ketones is 1. The zero-order chi connectivity index (χ0) is 19.8. The minimum Gasteiger partial charge on any atom is -0.507 e. The number of aliphatic hydroxyl groups is 1.